The monoisotopic (exact) mass is 405 g/mol. The van der Waals surface area contributed by atoms with Crippen molar-refractivity contribution in [3.8, 4) is 17.6 Å². The molecular formula is C25H31N3O2. The normalized spacial score (nSPS) is 22.2. The van der Waals surface area contributed by atoms with Crippen LogP contribution in [0.3, 0.4) is 0 Å². The fraction of sp³-hybridized carbons (Fsp3) is 0.480. The number of piperidine rings is 1. The Kier molecular flexibility index (Phi) is 6.26. The van der Waals surface area contributed by atoms with Crippen molar-refractivity contribution in [2.24, 2.45) is 0 Å². The highest BCUT2D eigenvalue weighted by atomic mass is 16.5. The van der Waals surface area contributed by atoms with Gasteiger partial charge in [0.25, 0.3) is 0 Å². The van der Waals surface area contributed by atoms with Crippen LogP contribution in [0.1, 0.15) is 48.1 Å². The van der Waals surface area contributed by atoms with Gasteiger partial charge in [0, 0.05) is 31.7 Å². The molecule has 0 radical (unpaired) electrons. The predicted octanol–water partition coefficient (Wildman–Crippen LogP) is 4.16. The quantitative estimate of drug-likeness (QED) is 0.748. The molecule has 30 heavy (non-hydrogen) atoms. The smallest absolute Gasteiger partial charge is 0.161 e. The molecule has 2 aliphatic heterocycles. The number of methoxy groups -OCH3 is 2. The molecule has 1 saturated heterocycles. The summed E-state index contributed by atoms with van der Waals surface area (Å²) >= 11 is 0. The molecule has 1 fully saturated rings. The fourth-order valence-corrected chi connectivity index (χ4v) is 5.11. The van der Waals surface area contributed by atoms with Crippen molar-refractivity contribution in [1.29, 1.82) is 5.26 Å². The molecular weight excluding hydrogens is 374 g/mol. The SMILES string of the molecule is COc1cc2c(cc1OC)C(C)N(C1CCCN(Cc3cccc(C#N)c3)C1)CC2. The molecule has 5 heteroatoms. The van der Waals surface area contributed by atoms with Crippen molar-refractivity contribution >= 4 is 0 Å². The van der Waals surface area contributed by atoms with Gasteiger partial charge in [0.05, 0.1) is 25.9 Å². The van der Waals surface area contributed by atoms with E-state index in [1.54, 1.807) is 14.2 Å². The van der Waals surface area contributed by atoms with Crippen LogP contribution in [0.5, 0.6) is 11.5 Å². The number of benzene rings is 2. The number of fused-ring (bicyclic) bond motifs is 1. The average Bonchev–Trinajstić information content (AvgIpc) is 2.79. The van der Waals surface area contributed by atoms with E-state index in [4.69, 9.17) is 9.47 Å². The second-order valence-electron chi connectivity index (χ2n) is 8.41. The molecule has 0 bridgehead atoms. The first-order valence-corrected chi connectivity index (χ1v) is 10.8. The zero-order valence-corrected chi connectivity index (χ0v) is 18.2. The lowest BCUT2D eigenvalue weighted by Gasteiger charge is -2.45. The molecule has 2 aliphatic rings. The molecule has 0 spiro atoms. The first kappa shape index (κ1) is 20.7. The summed E-state index contributed by atoms with van der Waals surface area (Å²) < 4.78 is 11.1. The van der Waals surface area contributed by atoms with Crippen LogP contribution in [0.15, 0.2) is 36.4 Å². The molecule has 5 nitrogen and oxygen atoms in total. The number of hydrogen-bond donors (Lipinski definition) is 0. The summed E-state index contributed by atoms with van der Waals surface area (Å²) in [7, 11) is 3.40. The van der Waals surface area contributed by atoms with Crippen molar-refractivity contribution in [2.75, 3.05) is 33.9 Å². The Bertz CT molecular complexity index is 936. The molecule has 0 saturated carbocycles. The van der Waals surface area contributed by atoms with Gasteiger partial charge in [0.15, 0.2) is 11.5 Å². The highest BCUT2D eigenvalue weighted by Crippen LogP contribution is 2.39. The van der Waals surface area contributed by atoms with E-state index in [9.17, 15) is 5.26 Å². The second kappa shape index (κ2) is 9.07. The predicted molar refractivity (Wildman–Crippen MR) is 118 cm³/mol. The summed E-state index contributed by atoms with van der Waals surface area (Å²) in [4.78, 5) is 5.22. The van der Waals surface area contributed by atoms with E-state index in [-0.39, 0.29) is 0 Å². The largest absolute Gasteiger partial charge is 0.493 e. The molecule has 2 aromatic rings. The van der Waals surface area contributed by atoms with Crippen LogP contribution < -0.4 is 9.47 Å². The number of ether oxygens (including phenoxy) is 2. The van der Waals surface area contributed by atoms with Gasteiger partial charge in [0.2, 0.25) is 0 Å². The summed E-state index contributed by atoms with van der Waals surface area (Å²) in [5.74, 6) is 1.63. The van der Waals surface area contributed by atoms with Crippen LogP contribution in [-0.2, 0) is 13.0 Å². The van der Waals surface area contributed by atoms with E-state index in [0.717, 1.165) is 49.7 Å². The highest BCUT2D eigenvalue weighted by Gasteiger charge is 2.33. The summed E-state index contributed by atoms with van der Waals surface area (Å²) in [6.07, 6.45) is 3.49. The van der Waals surface area contributed by atoms with E-state index < -0.39 is 0 Å². The Morgan fingerprint density at radius 2 is 1.90 bits per heavy atom. The van der Waals surface area contributed by atoms with E-state index >= 15 is 0 Å². The minimum absolute atomic E-state index is 0.362. The second-order valence-corrected chi connectivity index (χ2v) is 8.41. The summed E-state index contributed by atoms with van der Waals surface area (Å²) in [6, 6.07) is 15.5. The van der Waals surface area contributed by atoms with E-state index in [0.29, 0.717) is 12.1 Å². The van der Waals surface area contributed by atoms with Gasteiger partial charge in [-0.2, -0.15) is 5.26 Å². The van der Waals surface area contributed by atoms with Gasteiger partial charge in [-0.1, -0.05) is 12.1 Å². The Hall–Kier alpha value is -2.55. The molecule has 0 aliphatic carbocycles. The zero-order valence-electron chi connectivity index (χ0n) is 18.2. The fourth-order valence-electron chi connectivity index (χ4n) is 5.11. The molecule has 0 amide bonds. The maximum Gasteiger partial charge on any atom is 0.161 e. The number of nitriles is 1. The van der Waals surface area contributed by atoms with Gasteiger partial charge in [0.1, 0.15) is 0 Å². The Balaban J connectivity index is 1.48. The van der Waals surface area contributed by atoms with Crippen molar-refractivity contribution < 1.29 is 9.47 Å². The third kappa shape index (κ3) is 4.16. The van der Waals surface area contributed by atoms with E-state index in [1.807, 2.05) is 18.2 Å². The van der Waals surface area contributed by atoms with Crippen LogP contribution in [0.4, 0.5) is 0 Å². The first-order valence-electron chi connectivity index (χ1n) is 10.8. The van der Waals surface area contributed by atoms with Crippen molar-refractivity contribution in [3.63, 3.8) is 0 Å². The lowest BCUT2D eigenvalue weighted by Crippen LogP contribution is -2.50. The molecule has 2 unspecified atom stereocenters. The van der Waals surface area contributed by atoms with Gasteiger partial charge < -0.3 is 9.47 Å². The van der Waals surface area contributed by atoms with Crippen molar-refractivity contribution in [3.05, 3.63) is 58.7 Å². The molecule has 2 atom stereocenters. The molecule has 2 heterocycles. The Morgan fingerprint density at radius 3 is 2.67 bits per heavy atom. The van der Waals surface area contributed by atoms with Crippen LogP contribution >= 0.6 is 0 Å². The first-order chi connectivity index (χ1) is 14.6. The maximum atomic E-state index is 9.17. The molecule has 0 N–H and O–H groups in total. The van der Waals surface area contributed by atoms with Gasteiger partial charge in [-0.25, -0.2) is 0 Å². The van der Waals surface area contributed by atoms with Crippen LogP contribution in [0.2, 0.25) is 0 Å². The molecule has 0 aromatic heterocycles. The zero-order chi connectivity index (χ0) is 21.1. The third-order valence-electron chi connectivity index (χ3n) is 6.64. The summed E-state index contributed by atoms with van der Waals surface area (Å²) in [5, 5.41) is 9.17. The third-order valence-corrected chi connectivity index (χ3v) is 6.64. The molecule has 158 valence electrons. The van der Waals surface area contributed by atoms with Crippen molar-refractivity contribution in [2.45, 2.75) is 44.8 Å². The molecule has 4 rings (SSSR count). The van der Waals surface area contributed by atoms with Crippen molar-refractivity contribution in [1.82, 2.24) is 9.80 Å². The van der Waals surface area contributed by atoms with E-state index in [1.165, 1.54) is 29.5 Å². The van der Waals surface area contributed by atoms with Gasteiger partial charge in [-0.05, 0) is 73.7 Å². The van der Waals surface area contributed by atoms with E-state index in [2.05, 4.69) is 41.0 Å². The number of likely N-dealkylation sites (tertiary alicyclic amines) is 1. The minimum Gasteiger partial charge on any atom is -0.493 e. The minimum atomic E-state index is 0.362. The highest BCUT2D eigenvalue weighted by molar-refractivity contribution is 5.49. The van der Waals surface area contributed by atoms with Crippen LogP contribution in [-0.4, -0.2) is 49.7 Å². The topological polar surface area (TPSA) is 48.7 Å². The van der Waals surface area contributed by atoms with Gasteiger partial charge in [-0.15, -0.1) is 0 Å². The standard InChI is InChI=1S/C25H31N3O2/c1-18-23-14-25(30-3)24(29-2)13-21(23)9-11-28(18)22-8-5-10-27(17-22)16-20-7-4-6-19(12-20)15-26/h4,6-7,12-14,18,22H,5,8-11,16-17H2,1-3H3. The van der Waals surface area contributed by atoms with Gasteiger partial charge in [-0.3, -0.25) is 9.80 Å². The Morgan fingerprint density at radius 1 is 1.10 bits per heavy atom. The van der Waals surface area contributed by atoms with Crippen LogP contribution in [0.25, 0.3) is 0 Å². The summed E-state index contributed by atoms with van der Waals surface area (Å²) in [5.41, 5.74) is 4.70. The number of nitrogens with zero attached hydrogens (tertiary/aromatic N) is 3. The summed E-state index contributed by atoms with van der Waals surface area (Å²) in [6.45, 7) is 6.50. The van der Waals surface area contributed by atoms with Crippen LogP contribution in [0, 0.1) is 11.3 Å². The molecule has 2 aromatic carbocycles. The maximum absolute atomic E-state index is 9.17. The number of hydrogen-bond acceptors (Lipinski definition) is 5. The lowest BCUT2D eigenvalue weighted by atomic mass is 9.90. The lowest BCUT2D eigenvalue weighted by molar-refractivity contribution is 0.0607. The Labute approximate surface area is 179 Å². The van der Waals surface area contributed by atoms with Gasteiger partial charge >= 0.3 is 0 Å². The number of rotatable bonds is 5. The average molecular weight is 406 g/mol.